The van der Waals surface area contributed by atoms with Crippen molar-refractivity contribution in [2.24, 2.45) is 0 Å². The van der Waals surface area contributed by atoms with Gasteiger partial charge in [-0.1, -0.05) is 6.08 Å². The normalized spacial score (nSPS) is 20.3. The Hall–Kier alpha value is -0.260. The number of hydrogen-bond donors (Lipinski definition) is 2. The van der Waals surface area contributed by atoms with E-state index in [4.69, 9.17) is 4.55 Å². The summed E-state index contributed by atoms with van der Waals surface area (Å²) in [5, 5.41) is 2.12. The minimum atomic E-state index is -1.87. The summed E-state index contributed by atoms with van der Waals surface area (Å²) in [6, 6.07) is 0. The molecular formula is C4H5NO2S2. The maximum atomic E-state index is 10.3. The first-order valence-electron chi connectivity index (χ1n) is 2.20. The van der Waals surface area contributed by atoms with Gasteiger partial charge in [-0.25, -0.2) is 4.21 Å². The van der Waals surface area contributed by atoms with Gasteiger partial charge < -0.3 is 9.27 Å². The van der Waals surface area contributed by atoms with Crippen molar-refractivity contribution < 1.29 is 8.76 Å². The summed E-state index contributed by atoms with van der Waals surface area (Å²) in [6.07, 6.45) is 3.28. The lowest BCUT2D eigenvalue weighted by Crippen LogP contribution is -2.08. The lowest BCUT2D eigenvalue weighted by atomic mass is 10.6. The first-order chi connectivity index (χ1) is 4.30. The van der Waals surface area contributed by atoms with Gasteiger partial charge in [0, 0.05) is 0 Å². The first kappa shape index (κ1) is 6.85. The standard InChI is InChI=1S/C4H5NO2S2/c6-9(7)4-2-1-3-8-5-4/h1-3,5H,(H,6,7). The average Bonchev–Trinajstić information content (AvgIpc) is 1.90. The van der Waals surface area contributed by atoms with E-state index in [1.165, 1.54) is 11.9 Å². The minimum absolute atomic E-state index is 0.336. The van der Waals surface area contributed by atoms with Gasteiger partial charge in [-0.15, -0.1) is 0 Å². The van der Waals surface area contributed by atoms with Crippen molar-refractivity contribution in [2.75, 3.05) is 0 Å². The second kappa shape index (κ2) is 3.05. The van der Waals surface area contributed by atoms with Crippen LogP contribution in [-0.2, 0) is 11.1 Å². The predicted octanol–water partition coefficient (Wildman–Crippen LogP) is 0.815. The average molecular weight is 163 g/mol. The molecule has 1 rings (SSSR count). The van der Waals surface area contributed by atoms with Gasteiger partial charge in [0.25, 0.3) is 0 Å². The van der Waals surface area contributed by atoms with E-state index in [2.05, 4.69) is 4.72 Å². The van der Waals surface area contributed by atoms with Gasteiger partial charge in [0.05, 0.1) is 0 Å². The molecule has 0 amide bonds. The molecule has 1 aliphatic rings. The quantitative estimate of drug-likeness (QED) is 0.444. The molecule has 0 radical (unpaired) electrons. The molecular weight excluding hydrogens is 158 g/mol. The molecule has 1 atom stereocenters. The zero-order valence-corrected chi connectivity index (χ0v) is 6.04. The van der Waals surface area contributed by atoms with Crippen LogP contribution in [0.25, 0.3) is 0 Å². The molecule has 0 saturated heterocycles. The summed E-state index contributed by atoms with van der Waals surface area (Å²) in [4.78, 5) is 0. The number of nitrogens with one attached hydrogen (secondary N) is 1. The van der Waals surface area contributed by atoms with Gasteiger partial charge in [-0.2, -0.15) is 0 Å². The molecule has 50 valence electrons. The highest BCUT2D eigenvalue weighted by molar-refractivity contribution is 8.01. The molecule has 0 saturated carbocycles. The van der Waals surface area contributed by atoms with Crippen molar-refractivity contribution in [3.05, 3.63) is 22.6 Å². The van der Waals surface area contributed by atoms with E-state index in [0.717, 1.165) is 0 Å². The highest BCUT2D eigenvalue weighted by Crippen LogP contribution is 2.09. The highest BCUT2D eigenvalue weighted by atomic mass is 32.2. The van der Waals surface area contributed by atoms with E-state index >= 15 is 0 Å². The molecule has 0 aromatic heterocycles. The minimum Gasteiger partial charge on any atom is -0.317 e. The summed E-state index contributed by atoms with van der Waals surface area (Å²) < 4.78 is 21.4. The third-order valence-corrected chi connectivity index (χ3v) is 2.12. The zero-order chi connectivity index (χ0) is 6.69. The first-order valence-corrected chi connectivity index (χ1v) is 4.18. The fraction of sp³-hybridized carbons (Fsp3) is 0. The molecule has 0 aromatic rings. The van der Waals surface area contributed by atoms with E-state index in [-0.39, 0.29) is 0 Å². The molecule has 0 spiro atoms. The fourth-order valence-corrected chi connectivity index (χ4v) is 1.42. The van der Waals surface area contributed by atoms with Crippen LogP contribution in [0.4, 0.5) is 0 Å². The Bertz CT molecular complexity index is 187. The van der Waals surface area contributed by atoms with Gasteiger partial charge in [0.15, 0.2) is 0 Å². The van der Waals surface area contributed by atoms with Crippen LogP contribution in [0, 0.1) is 0 Å². The van der Waals surface area contributed by atoms with Crippen molar-refractivity contribution in [1.82, 2.24) is 4.72 Å². The Labute approximate surface area is 59.6 Å². The Morgan fingerprint density at radius 2 is 2.56 bits per heavy atom. The summed E-state index contributed by atoms with van der Waals surface area (Å²) >= 11 is -0.595. The van der Waals surface area contributed by atoms with E-state index in [9.17, 15) is 4.21 Å². The van der Waals surface area contributed by atoms with Crippen molar-refractivity contribution in [3.63, 3.8) is 0 Å². The lowest BCUT2D eigenvalue weighted by molar-refractivity contribution is 0.570. The maximum Gasteiger partial charge on any atom is 0.204 e. The van der Waals surface area contributed by atoms with Crippen LogP contribution < -0.4 is 4.72 Å². The van der Waals surface area contributed by atoms with Crippen molar-refractivity contribution in [2.45, 2.75) is 0 Å². The molecule has 3 nitrogen and oxygen atoms in total. The van der Waals surface area contributed by atoms with Gasteiger partial charge in [-0.05, 0) is 23.4 Å². The van der Waals surface area contributed by atoms with E-state index in [0.29, 0.717) is 5.03 Å². The van der Waals surface area contributed by atoms with Crippen LogP contribution in [0.1, 0.15) is 0 Å². The van der Waals surface area contributed by atoms with Crippen LogP contribution in [0.3, 0.4) is 0 Å². The molecule has 1 heterocycles. The van der Waals surface area contributed by atoms with Crippen LogP contribution in [0.5, 0.6) is 0 Å². The SMILES string of the molecule is O=S(O)C1=CC=CSN1. The lowest BCUT2D eigenvalue weighted by Gasteiger charge is -2.04. The van der Waals surface area contributed by atoms with Gasteiger partial charge in [-0.3, -0.25) is 0 Å². The third kappa shape index (κ3) is 1.85. The fourth-order valence-electron chi connectivity index (χ4n) is 0.386. The van der Waals surface area contributed by atoms with Crippen LogP contribution in [0.2, 0.25) is 0 Å². The van der Waals surface area contributed by atoms with Crippen molar-refractivity contribution in [1.29, 1.82) is 0 Å². The second-order valence-electron chi connectivity index (χ2n) is 1.33. The van der Waals surface area contributed by atoms with E-state index < -0.39 is 11.1 Å². The summed E-state index contributed by atoms with van der Waals surface area (Å²) in [7, 11) is 0. The Morgan fingerprint density at radius 1 is 1.78 bits per heavy atom. The van der Waals surface area contributed by atoms with Crippen LogP contribution in [0.15, 0.2) is 22.6 Å². The molecule has 0 bridgehead atoms. The second-order valence-corrected chi connectivity index (χ2v) is 2.98. The number of rotatable bonds is 1. The topological polar surface area (TPSA) is 49.3 Å². The van der Waals surface area contributed by atoms with E-state index in [1.54, 1.807) is 17.6 Å². The highest BCUT2D eigenvalue weighted by Gasteiger charge is 2.02. The zero-order valence-electron chi connectivity index (χ0n) is 4.40. The van der Waals surface area contributed by atoms with Crippen molar-refractivity contribution in [3.8, 4) is 0 Å². The van der Waals surface area contributed by atoms with Crippen LogP contribution >= 0.6 is 11.9 Å². The smallest absolute Gasteiger partial charge is 0.204 e. The molecule has 5 heteroatoms. The summed E-state index contributed by atoms with van der Waals surface area (Å²) in [5.41, 5.74) is 0. The molecule has 2 N–H and O–H groups in total. The number of hydrogen-bond acceptors (Lipinski definition) is 3. The summed E-state index contributed by atoms with van der Waals surface area (Å²) in [5.74, 6) is 0. The Morgan fingerprint density at radius 3 is 2.89 bits per heavy atom. The molecule has 1 aliphatic heterocycles. The summed E-state index contributed by atoms with van der Waals surface area (Å²) in [6.45, 7) is 0. The van der Waals surface area contributed by atoms with Gasteiger partial charge in [0.2, 0.25) is 11.1 Å². The Balaban J connectivity index is 2.68. The molecule has 0 fully saturated rings. The molecule has 9 heavy (non-hydrogen) atoms. The van der Waals surface area contributed by atoms with E-state index in [1.807, 2.05) is 0 Å². The third-order valence-electron chi connectivity index (χ3n) is 0.742. The van der Waals surface area contributed by atoms with Gasteiger partial charge in [0.1, 0.15) is 5.03 Å². The largest absolute Gasteiger partial charge is 0.317 e. The maximum absolute atomic E-state index is 10.3. The molecule has 0 aromatic carbocycles. The number of allylic oxidation sites excluding steroid dienone is 2. The van der Waals surface area contributed by atoms with Crippen molar-refractivity contribution >= 4 is 23.0 Å². The molecule has 1 unspecified atom stereocenters. The predicted molar refractivity (Wildman–Crippen MR) is 38.7 cm³/mol. The Kier molecular flexibility index (Phi) is 2.32. The monoisotopic (exact) mass is 163 g/mol. The molecule has 0 aliphatic carbocycles. The van der Waals surface area contributed by atoms with Crippen LogP contribution in [-0.4, -0.2) is 8.76 Å². The van der Waals surface area contributed by atoms with Gasteiger partial charge >= 0.3 is 0 Å².